The maximum absolute atomic E-state index is 13.6. The number of aromatic hydroxyl groups is 1. The minimum atomic E-state index is -0.164. The molecule has 1 nitrogen and oxygen atoms in total. The summed E-state index contributed by atoms with van der Waals surface area (Å²) >= 11 is 5.88. The molecular formula is C16H16ClFO. The molecule has 0 heterocycles. The van der Waals surface area contributed by atoms with E-state index in [1.54, 1.807) is 18.2 Å². The van der Waals surface area contributed by atoms with E-state index < -0.39 is 0 Å². The summed E-state index contributed by atoms with van der Waals surface area (Å²) < 4.78 is 13.6. The summed E-state index contributed by atoms with van der Waals surface area (Å²) in [4.78, 5) is 0. The lowest BCUT2D eigenvalue weighted by atomic mass is 9.97. The molecule has 0 aliphatic heterocycles. The van der Waals surface area contributed by atoms with Gasteiger partial charge in [0.2, 0.25) is 0 Å². The van der Waals surface area contributed by atoms with Crippen molar-refractivity contribution in [2.75, 3.05) is 0 Å². The largest absolute Gasteiger partial charge is 0.506 e. The molecule has 0 atom stereocenters. The van der Waals surface area contributed by atoms with E-state index in [0.29, 0.717) is 11.4 Å². The van der Waals surface area contributed by atoms with Crippen molar-refractivity contribution in [3.05, 3.63) is 63.9 Å². The number of phenols is 1. The molecule has 1 N–H and O–H groups in total. The van der Waals surface area contributed by atoms with Gasteiger partial charge in [-0.2, -0.15) is 0 Å². The zero-order valence-corrected chi connectivity index (χ0v) is 11.7. The van der Waals surface area contributed by atoms with Gasteiger partial charge in [0.1, 0.15) is 11.6 Å². The molecule has 2 aromatic rings. The van der Waals surface area contributed by atoms with Crippen molar-refractivity contribution in [3.63, 3.8) is 0 Å². The van der Waals surface area contributed by atoms with Crippen LogP contribution in [0.25, 0.3) is 0 Å². The van der Waals surface area contributed by atoms with E-state index in [0.717, 1.165) is 16.7 Å². The molecule has 0 amide bonds. The summed E-state index contributed by atoms with van der Waals surface area (Å²) in [6.45, 7) is 3.94. The number of hydrogen-bond acceptors (Lipinski definition) is 1. The van der Waals surface area contributed by atoms with Crippen molar-refractivity contribution in [1.82, 2.24) is 0 Å². The number of phenolic OH excluding ortho intramolecular Hbond substituents is 1. The van der Waals surface area contributed by atoms with Crippen LogP contribution in [0.3, 0.4) is 0 Å². The fourth-order valence-corrected chi connectivity index (χ4v) is 2.24. The Balaban J connectivity index is 2.28. The van der Waals surface area contributed by atoms with Gasteiger partial charge in [0.25, 0.3) is 0 Å². The van der Waals surface area contributed by atoms with Gasteiger partial charge in [0, 0.05) is 0 Å². The van der Waals surface area contributed by atoms with Gasteiger partial charge in [-0.15, -0.1) is 0 Å². The molecule has 0 saturated carbocycles. The lowest BCUT2D eigenvalue weighted by Gasteiger charge is -2.10. The molecule has 100 valence electrons. The molecule has 0 aliphatic carbocycles. The SMILES string of the molecule is CC(C)c1cc(Cc2ccc(O)c(Cl)c2)ccc1F. The second-order valence-corrected chi connectivity index (χ2v) is 5.38. The Labute approximate surface area is 117 Å². The lowest BCUT2D eigenvalue weighted by Crippen LogP contribution is -1.96. The molecule has 0 spiro atoms. The third kappa shape index (κ3) is 3.27. The molecule has 2 rings (SSSR count). The van der Waals surface area contributed by atoms with Gasteiger partial charge in [0.05, 0.1) is 5.02 Å². The van der Waals surface area contributed by atoms with E-state index in [1.165, 1.54) is 6.07 Å². The van der Waals surface area contributed by atoms with Gasteiger partial charge in [-0.1, -0.05) is 43.6 Å². The third-order valence-electron chi connectivity index (χ3n) is 3.10. The molecule has 19 heavy (non-hydrogen) atoms. The van der Waals surface area contributed by atoms with Crippen LogP contribution in [0, 0.1) is 5.82 Å². The van der Waals surface area contributed by atoms with Crippen LogP contribution < -0.4 is 0 Å². The standard InChI is InChI=1S/C16H16ClFO/c1-10(2)13-8-11(3-5-15(13)18)7-12-4-6-16(19)14(17)9-12/h3-6,8-10,19H,7H2,1-2H3. The molecule has 0 saturated heterocycles. The van der Waals surface area contributed by atoms with Crippen LogP contribution >= 0.6 is 11.6 Å². The number of rotatable bonds is 3. The van der Waals surface area contributed by atoms with Crippen LogP contribution in [-0.2, 0) is 6.42 Å². The molecule has 0 unspecified atom stereocenters. The normalized spacial score (nSPS) is 11.0. The highest BCUT2D eigenvalue weighted by Crippen LogP contribution is 2.26. The van der Waals surface area contributed by atoms with Crippen molar-refractivity contribution >= 4 is 11.6 Å². The van der Waals surface area contributed by atoms with Crippen LogP contribution in [-0.4, -0.2) is 5.11 Å². The molecule has 0 aromatic heterocycles. The Kier molecular flexibility index (Phi) is 4.11. The van der Waals surface area contributed by atoms with Gasteiger partial charge >= 0.3 is 0 Å². The topological polar surface area (TPSA) is 20.2 Å². The Morgan fingerprint density at radius 1 is 1.11 bits per heavy atom. The lowest BCUT2D eigenvalue weighted by molar-refractivity contribution is 0.475. The first-order valence-electron chi connectivity index (χ1n) is 6.23. The van der Waals surface area contributed by atoms with Crippen molar-refractivity contribution in [1.29, 1.82) is 0 Å². The molecular weight excluding hydrogens is 263 g/mol. The van der Waals surface area contributed by atoms with Crippen LogP contribution in [0.1, 0.15) is 36.5 Å². The second kappa shape index (κ2) is 5.62. The minimum Gasteiger partial charge on any atom is -0.506 e. The molecule has 0 fully saturated rings. The fraction of sp³-hybridized carbons (Fsp3) is 0.250. The number of halogens is 2. The summed E-state index contributed by atoms with van der Waals surface area (Å²) in [5, 5.41) is 9.72. The van der Waals surface area contributed by atoms with E-state index >= 15 is 0 Å². The maximum Gasteiger partial charge on any atom is 0.134 e. The highest BCUT2D eigenvalue weighted by atomic mass is 35.5. The highest BCUT2D eigenvalue weighted by Gasteiger charge is 2.08. The van der Waals surface area contributed by atoms with Crippen LogP contribution in [0.4, 0.5) is 4.39 Å². The van der Waals surface area contributed by atoms with E-state index in [2.05, 4.69) is 0 Å². The van der Waals surface area contributed by atoms with E-state index in [9.17, 15) is 9.50 Å². The van der Waals surface area contributed by atoms with E-state index in [-0.39, 0.29) is 17.5 Å². The maximum atomic E-state index is 13.6. The summed E-state index contributed by atoms with van der Waals surface area (Å²) in [6, 6.07) is 10.3. The Morgan fingerprint density at radius 2 is 1.74 bits per heavy atom. The smallest absolute Gasteiger partial charge is 0.134 e. The molecule has 0 radical (unpaired) electrons. The monoisotopic (exact) mass is 278 g/mol. The quantitative estimate of drug-likeness (QED) is 0.847. The summed E-state index contributed by atoms with van der Waals surface area (Å²) in [5.74, 6) is 0.0678. The van der Waals surface area contributed by atoms with E-state index in [4.69, 9.17) is 11.6 Å². The van der Waals surface area contributed by atoms with Crippen LogP contribution in [0.2, 0.25) is 5.02 Å². The second-order valence-electron chi connectivity index (χ2n) is 4.97. The van der Waals surface area contributed by atoms with Gasteiger partial charge in [-0.05, 0) is 47.2 Å². The molecule has 3 heteroatoms. The van der Waals surface area contributed by atoms with Gasteiger partial charge in [0.15, 0.2) is 0 Å². The van der Waals surface area contributed by atoms with Gasteiger partial charge in [-0.3, -0.25) is 0 Å². The Morgan fingerprint density at radius 3 is 2.37 bits per heavy atom. The average molecular weight is 279 g/mol. The van der Waals surface area contributed by atoms with Crippen LogP contribution in [0.5, 0.6) is 5.75 Å². The minimum absolute atomic E-state index is 0.0763. The van der Waals surface area contributed by atoms with Crippen molar-refractivity contribution < 1.29 is 9.50 Å². The third-order valence-corrected chi connectivity index (χ3v) is 3.41. The fourth-order valence-electron chi connectivity index (χ4n) is 2.04. The van der Waals surface area contributed by atoms with Crippen LogP contribution in [0.15, 0.2) is 36.4 Å². The van der Waals surface area contributed by atoms with Crippen molar-refractivity contribution in [2.45, 2.75) is 26.2 Å². The van der Waals surface area contributed by atoms with E-state index in [1.807, 2.05) is 26.0 Å². The molecule has 2 aromatic carbocycles. The zero-order valence-electron chi connectivity index (χ0n) is 11.0. The van der Waals surface area contributed by atoms with Gasteiger partial charge in [-0.25, -0.2) is 4.39 Å². The Bertz CT molecular complexity index is 593. The Hall–Kier alpha value is -1.54. The van der Waals surface area contributed by atoms with Gasteiger partial charge < -0.3 is 5.11 Å². The first kappa shape index (κ1) is 13.9. The first-order valence-corrected chi connectivity index (χ1v) is 6.61. The summed E-state index contributed by atoms with van der Waals surface area (Å²) in [7, 11) is 0. The number of hydrogen-bond donors (Lipinski definition) is 1. The summed E-state index contributed by atoms with van der Waals surface area (Å²) in [6.07, 6.45) is 0.667. The van der Waals surface area contributed by atoms with Crippen molar-refractivity contribution in [2.24, 2.45) is 0 Å². The predicted octanol–water partition coefficient (Wildman–Crippen LogP) is 4.90. The van der Waals surface area contributed by atoms with Crippen molar-refractivity contribution in [3.8, 4) is 5.75 Å². The number of benzene rings is 2. The first-order chi connectivity index (χ1) is 8.97. The predicted molar refractivity (Wildman–Crippen MR) is 76.4 cm³/mol. The highest BCUT2D eigenvalue weighted by molar-refractivity contribution is 6.32. The molecule has 0 aliphatic rings. The summed E-state index contributed by atoms with van der Waals surface area (Å²) in [5.41, 5.74) is 2.75. The average Bonchev–Trinajstić information content (AvgIpc) is 2.36. The zero-order chi connectivity index (χ0) is 14.0. The molecule has 0 bridgehead atoms.